The molecule has 2 aliphatic rings. The average Bonchev–Trinajstić information content (AvgIpc) is 3.35. The summed E-state index contributed by atoms with van der Waals surface area (Å²) < 4.78 is 20.3. The summed E-state index contributed by atoms with van der Waals surface area (Å²) in [5.41, 5.74) is 2.24. The summed E-state index contributed by atoms with van der Waals surface area (Å²) in [7, 11) is 0. The minimum Gasteiger partial charge on any atom is -0.441 e. The number of piperidine rings is 1. The van der Waals surface area contributed by atoms with Gasteiger partial charge in [0.2, 0.25) is 5.90 Å². The molecule has 1 amide bonds. The van der Waals surface area contributed by atoms with Gasteiger partial charge in [-0.05, 0) is 42.5 Å². The van der Waals surface area contributed by atoms with Crippen LogP contribution in [0.3, 0.4) is 0 Å². The van der Waals surface area contributed by atoms with Crippen LogP contribution in [0.15, 0.2) is 52.9 Å². The van der Waals surface area contributed by atoms with Crippen molar-refractivity contribution >= 4 is 41.1 Å². The number of benzene rings is 2. The van der Waals surface area contributed by atoms with E-state index in [1.165, 1.54) is 11.0 Å². The van der Waals surface area contributed by atoms with Crippen molar-refractivity contribution in [2.24, 2.45) is 22.0 Å². The number of aliphatic hydroxyl groups excluding tert-OH is 1. The number of ether oxygens (including phenoxy) is 1. The predicted octanol–water partition coefficient (Wildman–Crippen LogP) is 4.66. The lowest BCUT2D eigenvalue weighted by atomic mass is 9.96. The van der Waals surface area contributed by atoms with E-state index in [2.05, 4.69) is 31.7 Å². The summed E-state index contributed by atoms with van der Waals surface area (Å²) in [6.07, 6.45) is 2.13. The topological polar surface area (TPSA) is 113 Å². The van der Waals surface area contributed by atoms with Crippen molar-refractivity contribution in [1.82, 2.24) is 9.97 Å². The van der Waals surface area contributed by atoms with Gasteiger partial charge in [-0.3, -0.25) is 9.89 Å². The molecular formula is C29H33FN6O4. The molecule has 3 heterocycles. The van der Waals surface area contributed by atoms with Crippen molar-refractivity contribution in [3.05, 3.63) is 48.5 Å². The van der Waals surface area contributed by atoms with Gasteiger partial charge in [0.1, 0.15) is 24.1 Å². The SMILES string of the molecule is C=NOC(=NCC1CCN(c2ncnc3c(-c4ccc(N5CC(CO)OC5=O)c(F)c4)cccc23)CC1)C(C)C. The minimum absolute atomic E-state index is 0.0954. The zero-order valence-electron chi connectivity index (χ0n) is 22.7. The van der Waals surface area contributed by atoms with Crippen molar-refractivity contribution in [1.29, 1.82) is 0 Å². The van der Waals surface area contributed by atoms with Crippen molar-refractivity contribution < 1.29 is 23.9 Å². The number of aliphatic hydroxyl groups is 1. The molecule has 11 heteroatoms. The fraction of sp³-hybridized carbons (Fsp3) is 0.414. The molecule has 0 saturated carbocycles. The highest BCUT2D eigenvalue weighted by Crippen LogP contribution is 2.35. The van der Waals surface area contributed by atoms with E-state index in [4.69, 9.17) is 9.57 Å². The van der Waals surface area contributed by atoms with E-state index in [-0.39, 0.29) is 24.8 Å². The van der Waals surface area contributed by atoms with Crippen LogP contribution >= 0.6 is 0 Å². The maximum Gasteiger partial charge on any atom is 0.414 e. The van der Waals surface area contributed by atoms with Crippen molar-refractivity contribution in [2.45, 2.75) is 32.8 Å². The summed E-state index contributed by atoms with van der Waals surface area (Å²) in [5.74, 6) is 1.48. The lowest BCUT2D eigenvalue weighted by Crippen LogP contribution is -2.35. The zero-order chi connectivity index (χ0) is 28.2. The second-order valence-corrected chi connectivity index (χ2v) is 10.3. The number of cyclic esters (lactones) is 1. The van der Waals surface area contributed by atoms with Gasteiger partial charge >= 0.3 is 6.09 Å². The van der Waals surface area contributed by atoms with Crippen LogP contribution in [0, 0.1) is 17.7 Å². The Hall–Kier alpha value is -4.12. The predicted molar refractivity (Wildman–Crippen MR) is 152 cm³/mol. The molecular weight excluding hydrogens is 515 g/mol. The quantitative estimate of drug-likeness (QED) is 0.248. The highest BCUT2D eigenvalue weighted by atomic mass is 19.1. The maximum absolute atomic E-state index is 15.2. The van der Waals surface area contributed by atoms with Gasteiger partial charge in [-0.2, -0.15) is 0 Å². The van der Waals surface area contributed by atoms with E-state index >= 15 is 4.39 Å². The summed E-state index contributed by atoms with van der Waals surface area (Å²) in [6.45, 7) is 9.55. The molecule has 0 spiro atoms. The number of oxime groups is 1. The first-order valence-electron chi connectivity index (χ1n) is 13.4. The lowest BCUT2D eigenvalue weighted by molar-refractivity contribution is 0.0963. The van der Waals surface area contributed by atoms with Crippen LogP contribution in [-0.2, 0) is 9.57 Å². The van der Waals surface area contributed by atoms with Gasteiger partial charge in [-0.1, -0.05) is 37.2 Å². The zero-order valence-corrected chi connectivity index (χ0v) is 22.7. The molecule has 0 radical (unpaired) electrons. The number of aliphatic imine (C=N–C) groups is 1. The van der Waals surface area contributed by atoms with Crippen LogP contribution in [0.2, 0.25) is 0 Å². The largest absolute Gasteiger partial charge is 0.441 e. The Kier molecular flexibility index (Phi) is 8.20. The first-order chi connectivity index (χ1) is 19.4. The molecule has 2 aromatic carbocycles. The van der Waals surface area contributed by atoms with Gasteiger partial charge in [0.25, 0.3) is 0 Å². The molecule has 1 aromatic heterocycles. The standard InChI is InChI=1S/C29H33FN6O4/c1-18(2)28(40-31-3)32-14-19-9-11-35(12-10-19)27-23-6-4-5-22(26(23)33-17-34-27)20-7-8-25(24(30)13-20)36-15-21(16-37)39-29(36)38/h4-8,13,17-19,21,37H,3,9-12,14-16H2,1-2H3. The maximum atomic E-state index is 15.2. The van der Waals surface area contributed by atoms with Gasteiger partial charge in [0.15, 0.2) is 0 Å². The van der Waals surface area contributed by atoms with Gasteiger partial charge in [-0.15, -0.1) is 0 Å². The fourth-order valence-corrected chi connectivity index (χ4v) is 5.19. The van der Waals surface area contributed by atoms with Crippen molar-refractivity contribution in [3.8, 4) is 11.1 Å². The van der Waals surface area contributed by atoms with E-state index in [1.54, 1.807) is 18.5 Å². The Morgan fingerprint density at radius 3 is 2.73 bits per heavy atom. The third kappa shape index (κ3) is 5.60. The number of para-hydroxylation sites is 1. The highest BCUT2D eigenvalue weighted by molar-refractivity contribution is 5.99. The van der Waals surface area contributed by atoms with E-state index < -0.39 is 18.0 Å². The Morgan fingerprint density at radius 1 is 1.25 bits per heavy atom. The summed E-state index contributed by atoms with van der Waals surface area (Å²) >= 11 is 0. The number of rotatable bonds is 8. The molecule has 40 heavy (non-hydrogen) atoms. The number of hydrogen-bond acceptors (Lipinski definition) is 9. The van der Waals surface area contributed by atoms with E-state index in [9.17, 15) is 9.90 Å². The normalized spacial score (nSPS) is 18.5. The lowest BCUT2D eigenvalue weighted by Gasteiger charge is -2.32. The third-order valence-electron chi connectivity index (χ3n) is 7.34. The number of amides is 1. The molecule has 1 N–H and O–H groups in total. The second kappa shape index (κ2) is 12.0. The summed E-state index contributed by atoms with van der Waals surface area (Å²) in [5, 5.41) is 13.7. The van der Waals surface area contributed by atoms with Crippen LogP contribution in [-0.4, -0.2) is 72.7 Å². The average molecular weight is 549 g/mol. The molecule has 2 fully saturated rings. The van der Waals surface area contributed by atoms with Crippen LogP contribution in [0.4, 0.5) is 20.7 Å². The minimum atomic E-state index is -0.675. The number of anilines is 2. The second-order valence-electron chi connectivity index (χ2n) is 10.3. The molecule has 0 bridgehead atoms. The molecule has 3 aromatic rings. The number of carbonyl (C=O) groups excluding carboxylic acids is 1. The fourth-order valence-electron chi connectivity index (χ4n) is 5.19. The summed E-state index contributed by atoms with van der Waals surface area (Å²) in [6, 6.07) is 10.5. The van der Waals surface area contributed by atoms with Crippen LogP contribution in [0.5, 0.6) is 0 Å². The number of fused-ring (bicyclic) bond motifs is 1. The first kappa shape index (κ1) is 27.4. The Balaban J connectivity index is 1.35. The van der Waals surface area contributed by atoms with Crippen molar-refractivity contribution in [2.75, 3.05) is 42.6 Å². The van der Waals surface area contributed by atoms with Crippen LogP contribution in [0.1, 0.15) is 26.7 Å². The van der Waals surface area contributed by atoms with Gasteiger partial charge in [0.05, 0.1) is 24.4 Å². The Labute approximate surface area is 232 Å². The number of hydrogen-bond donors (Lipinski definition) is 1. The van der Waals surface area contributed by atoms with Crippen molar-refractivity contribution in [3.63, 3.8) is 0 Å². The molecule has 2 aliphatic heterocycles. The molecule has 0 aliphatic carbocycles. The van der Waals surface area contributed by atoms with Crippen LogP contribution < -0.4 is 9.80 Å². The van der Waals surface area contributed by atoms with E-state index in [1.807, 2.05) is 32.0 Å². The molecule has 1 unspecified atom stereocenters. The van der Waals surface area contributed by atoms with Gasteiger partial charge < -0.3 is 19.6 Å². The third-order valence-corrected chi connectivity index (χ3v) is 7.34. The molecule has 2 saturated heterocycles. The van der Waals surface area contributed by atoms with Gasteiger partial charge in [-0.25, -0.2) is 19.2 Å². The van der Waals surface area contributed by atoms with E-state index in [0.29, 0.717) is 23.9 Å². The number of halogens is 1. The Bertz CT molecular complexity index is 1420. The molecule has 5 rings (SSSR count). The highest BCUT2D eigenvalue weighted by Gasteiger charge is 2.33. The van der Waals surface area contributed by atoms with Crippen LogP contribution in [0.25, 0.3) is 22.0 Å². The number of aromatic nitrogens is 2. The molecule has 10 nitrogen and oxygen atoms in total. The first-order valence-corrected chi connectivity index (χ1v) is 13.4. The number of nitrogens with zero attached hydrogens (tertiary/aromatic N) is 6. The smallest absolute Gasteiger partial charge is 0.414 e. The molecule has 210 valence electrons. The monoisotopic (exact) mass is 548 g/mol. The Morgan fingerprint density at radius 2 is 2.05 bits per heavy atom. The van der Waals surface area contributed by atoms with Gasteiger partial charge in [0, 0.05) is 43.2 Å². The molecule has 1 atom stereocenters. The van der Waals surface area contributed by atoms with E-state index in [0.717, 1.165) is 48.2 Å². The number of carbonyl (C=O) groups is 1. The summed E-state index contributed by atoms with van der Waals surface area (Å²) in [4.78, 5) is 34.6.